The SMILES string of the molecule is CN=C(NCC1CCCN(C(C)C)C1)NCC1CN(CC(C)C)CCO1. The number of nitrogens with zero attached hydrogens (tertiary/aromatic N) is 3. The predicted molar refractivity (Wildman–Crippen MR) is 110 cm³/mol. The maximum Gasteiger partial charge on any atom is 0.191 e. The highest BCUT2D eigenvalue weighted by Crippen LogP contribution is 2.17. The molecule has 2 heterocycles. The molecule has 0 amide bonds. The first-order valence-corrected chi connectivity index (χ1v) is 10.5. The first-order valence-electron chi connectivity index (χ1n) is 10.5. The van der Waals surface area contributed by atoms with Gasteiger partial charge in [-0.05, 0) is 45.1 Å². The molecule has 2 N–H and O–H groups in total. The summed E-state index contributed by atoms with van der Waals surface area (Å²) < 4.78 is 5.93. The maximum atomic E-state index is 5.93. The summed E-state index contributed by atoms with van der Waals surface area (Å²) in [5, 5.41) is 6.98. The summed E-state index contributed by atoms with van der Waals surface area (Å²) in [5.41, 5.74) is 0. The minimum Gasteiger partial charge on any atom is -0.374 e. The Morgan fingerprint density at radius 1 is 1.12 bits per heavy atom. The van der Waals surface area contributed by atoms with Gasteiger partial charge in [0, 0.05) is 52.4 Å². The van der Waals surface area contributed by atoms with E-state index in [1.165, 1.54) is 25.9 Å². The maximum absolute atomic E-state index is 5.93. The van der Waals surface area contributed by atoms with Crippen molar-refractivity contribution in [2.24, 2.45) is 16.8 Å². The highest BCUT2D eigenvalue weighted by atomic mass is 16.5. The lowest BCUT2D eigenvalue weighted by Crippen LogP contribution is -2.51. The molecule has 2 saturated heterocycles. The molecule has 6 nitrogen and oxygen atoms in total. The van der Waals surface area contributed by atoms with Gasteiger partial charge >= 0.3 is 0 Å². The molecule has 26 heavy (non-hydrogen) atoms. The second kappa shape index (κ2) is 11.1. The predicted octanol–water partition coefficient (Wildman–Crippen LogP) is 1.63. The number of aliphatic imine (C=N–C) groups is 1. The van der Waals surface area contributed by atoms with Crippen LogP contribution in [-0.2, 0) is 4.74 Å². The molecule has 2 unspecified atom stereocenters. The van der Waals surface area contributed by atoms with Crippen LogP contribution in [-0.4, -0.2) is 87.4 Å². The lowest BCUT2D eigenvalue weighted by Gasteiger charge is -2.36. The van der Waals surface area contributed by atoms with E-state index in [0.717, 1.165) is 45.3 Å². The monoisotopic (exact) mass is 367 g/mol. The van der Waals surface area contributed by atoms with Gasteiger partial charge in [-0.1, -0.05) is 13.8 Å². The quantitative estimate of drug-likeness (QED) is 0.529. The molecule has 152 valence electrons. The standard InChI is InChI=1S/C20H41N5O/c1-16(2)13-24-9-10-26-19(15-24)12-23-20(21-5)22-11-18-7-6-8-25(14-18)17(3)4/h16-19H,6-15H2,1-5H3,(H2,21,22,23). The lowest BCUT2D eigenvalue weighted by molar-refractivity contribution is -0.0284. The number of ether oxygens (including phenoxy) is 1. The average molecular weight is 368 g/mol. The van der Waals surface area contributed by atoms with Gasteiger partial charge < -0.3 is 20.3 Å². The van der Waals surface area contributed by atoms with Crippen molar-refractivity contribution >= 4 is 5.96 Å². The summed E-state index contributed by atoms with van der Waals surface area (Å²) in [6, 6.07) is 0.646. The molecule has 0 aromatic heterocycles. The lowest BCUT2D eigenvalue weighted by atomic mass is 9.97. The van der Waals surface area contributed by atoms with Crippen LogP contribution >= 0.6 is 0 Å². The number of hydrogen-bond acceptors (Lipinski definition) is 4. The van der Waals surface area contributed by atoms with E-state index in [9.17, 15) is 0 Å². The van der Waals surface area contributed by atoms with E-state index in [2.05, 4.69) is 53.1 Å². The van der Waals surface area contributed by atoms with Crippen molar-refractivity contribution in [1.82, 2.24) is 20.4 Å². The highest BCUT2D eigenvalue weighted by Gasteiger charge is 2.23. The molecular weight excluding hydrogens is 326 g/mol. The Morgan fingerprint density at radius 2 is 1.88 bits per heavy atom. The summed E-state index contributed by atoms with van der Waals surface area (Å²) >= 11 is 0. The molecule has 2 aliphatic rings. The topological polar surface area (TPSA) is 52.1 Å². The van der Waals surface area contributed by atoms with Crippen LogP contribution in [0.1, 0.15) is 40.5 Å². The van der Waals surface area contributed by atoms with E-state index in [1.807, 2.05) is 7.05 Å². The number of rotatable bonds is 7. The van der Waals surface area contributed by atoms with Crippen LogP contribution in [0.2, 0.25) is 0 Å². The third kappa shape index (κ3) is 7.41. The molecule has 2 aliphatic heterocycles. The molecule has 2 atom stereocenters. The first kappa shape index (κ1) is 21.5. The smallest absolute Gasteiger partial charge is 0.191 e. The van der Waals surface area contributed by atoms with Gasteiger partial charge in [0.1, 0.15) is 0 Å². The minimum absolute atomic E-state index is 0.243. The molecule has 0 bridgehead atoms. The summed E-state index contributed by atoms with van der Waals surface area (Å²) in [6.45, 7) is 17.4. The Bertz CT molecular complexity index is 426. The van der Waals surface area contributed by atoms with Crippen molar-refractivity contribution in [3.8, 4) is 0 Å². The number of nitrogens with one attached hydrogen (secondary N) is 2. The van der Waals surface area contributed by atoms with Crippen LogP contribution in [0.5, 0.6) is 0 Å². The first-order chi connectivity index (χ1) is 12.5. The number of hydrogen-bond donors (Lipinski definition) is 2. The number of piperidine rings is 1. The zero-order valence-electron chi connectivity index (χ0n) is 17.6. The molecule has 0 aromatic carbocycles. The van der Waals surface area contributed by atoms with Crippen LogP contribution in [0, 0.1) is 11.8 Å². The van der Waals surface area contributed by atoms with Crippen molar-refractivity contribution in [3.05, 3.63) is 0 Å². The van der Waals surface area contributed by atoms with E-state index in [1.54, 1.807) is 0 Å². The highest BCUT2D eigenvalue weighted by molar-refractivity contribution is 5.79. The van der Waals surface area contributed by atoms with Crippen molar-refractivity contribution in [1.29, 1.82) is 0 Å². The average Bonchev–Trinajstić information content (AvgIpc) is 2.62. The van der Waals surface area contributed by atoms with Crippen LogP contribution < -0.4 is 10.6 Å². The van der Waals surface area contributed by atoms with Crippen molar-refractivity contribution in [2.75, 3.05) is 59.5 Å². The molecule has 0 radical (unpaired) electrons. The van der Waals surface area contributed by atoms with Gasteiger partial charge in [0.2, 0.25) is 0 Å². The molecule has 0 aliphatic carbocycles. The largest absolute Gasteiger partial charge is 0.374 e. The van der Waals surface area contributed by atoms with Gasteiger partial charge in [-0.25, -0.2) is 0 Å². The number of morpholine rings is 1. The summed E-state index contributed by atoms with van der Waals surface area (Å²) in [6.07, 6.45) is 2.86. The van der Waals surface area contributed by atoms with E-state index in [-0.39, 0.29) is 6.10 Å². The summed E-state index contributed by atoms with van der Waals surface area (Å²) in [5.74, 6) is 2.31. The van der Waals surface area contributed by atoms with E-state index < -0.39 is 0 Å². The molecule has 6 heteroatoms. The van der Waals surface area contributed by atoms with Gasteiger partial charge in [0.15, 0.2) is 5.96 Å². The molecule has 0 saturated carbocycles. The minimum atomic E-state index is 0.243. The van der Waals surface area contributed by atoms with Gasteiger partial charge in [-0.2, -0.15) is 0 Å². The fourth-order valence-electron chi connectivity index (χ4n) is 3.99. The summed E-state index contributed by atoms with van der Waals surface area (Å²) in [7, 11) is 1.85. The van der Waals surface area contributed by atoms with Crippen LogP contribution in [0.3, 0.4) is 0 Å². The van der Waals surface area contributed by atoms with Crippen molar-refractivity contribution in [3.63, 3.8) is 0 Å². The van der Waals surface area contributed by atoms with E-state index in [0.29, 0.717) is 17.9 Å². The molecule has 2 fully saturated rings. The Balaban J connectivity index is 1.69. The van der Waals surface area contributed by atoms with Crippen LogP contribution in [0.15, 0.2) is 4.99 Å². The zero-order chi connectivity index (χ0) is 18.9. The van der Waals surface area contributed by atoms with Crippen LogP contribution in [0.4, 0.5) is 0 Å². The fourth-order valence-corrected chi connectivity index (χ4v) is 3.99. The zero-order valence-corrected chi connectivity index (χ0v) is 17.6. The van der Waals surface area contributed by atoms with E-state index >= 15 is 0 Å². The molecule has 0 spiro atoms. The molecule has 2 rings (SSSR count). The Morgan fingerprint density at radius 3 is 2.58 bits per heavy atom. The van der Waals surface area contributed by atoms with E-state index in [4.69, 9.17) is 4.74 Å². The Hall–Kier alpha value is -0.850. The summed E-state index contributed by atoms with van der Waals surface area (Å²) in [4.78, 5) is 9.49. The number of likely N-dealkylation sites (tertiary alicyclic amines) is 1. The van der Waals surface area contributed by atoms with Crippen LogP contribution in [0.25, 0.3) is 0 Å². The normalized spacial score (nSPS) is 26.5. The Labute approximate surface area is 160 Å². The van der Waals surface area contributed by atoms with Gasteiger partial charge in [-0.3, -0.25) is 9.89 Å². The third-order valence-electron chi connectivity index (χ3n) is 5.41. The van der Waals surface area contributed by atoms with Crippen molar-refractivity contribution in [2.45, 2.75) is 52.7 Å². The second-order valence-corrected chi connectivity index (χ2v) is 8.58. The van der Waals surface area contributed by atoms with Gasteiger partial charge in [-0.15, -0.1) is 0 Å². The second-order valence-electron chi connectivity index (χ2n) is 8.58. The Kier molecular flexibility index (Phi) is 9.16. The number of guanidine groups is 1. The third-order valence-corrected chi connectivity index (χ3v) is 5.41. The molecular formula is C20H41N5O. The van der Waals surface area contributed by atoms with Crippen molar-refractivity contribution < 1.29 is 4.74 Å². The van der Waals surface area contributed by atoms with Gasteiger partial charge in [0.05, 0.1) is 12.7 Å². The fraction of sp³-hybridized carbons (Fsp3) is 0.950. The molecule has 0 aromatic rings. The van der Waals surface area contributed by atoms with Gasteiger partial charge in [0.25, 0.3) is 0 Å².